The van der Waals surface area contributed by atoms with Gasteiger partial charge in [0.25, 0.3) is 0 Å². The highest BCUT2D eigenvalue weighted by molar-refractivity contribution is 6.64. The average Bonchev–Trinajstić information content (AvgIpc) is 2.38. The minimum atomic E-state index is -0.856. The quantitative estimate of drug-likeness (QED) is 0.727. The number of hydrogen-bond acceptors (Lipinski definition) is 1. The Balaban J connectivity index is 1.91. The fourth-order valence-corrected chi connectivity index (χ4v) is 4.11. The Kier molecular flexibility index (Phi) is 4.37. The van der Waals surface area contributed by atoms with Gasteiger partial charge in [0.1, 0.15) is 0 Å². The lowest BCUT2D eigenvalue weighted by atomic mass is 10.2. The molecule has 1 fully saturated rings. The molecule has 1 aliphatic rings. The van der Waals surface area contributed by atoms with Crippen molar-refractivity contribution in [1.29, 1.82) is 0 Å². The summed E-state index contributed by atoms with van der Waals surface area (Å²) < 4.78 is 5.84. The number of hydrogen-bond donors (Lipinski definition) is 0. The van der Waals surface area contributed by atoms with Gasteiger partial charge in [0.2, 0.25) is 0 Å². The van der Waals surface area contributed by atoms with Crippen molar-refractivity contribution >= 4 is 14.9 Å². The van der Waals surface area contributed by atoms with E-state index >= 15 is 0 Å². The molecule has 0 bridgehead atoms. The summed E-state index contributed by atoms with van der Waals surface area (Å²) in [4.78, 5) is 0. The van der Waals surface area contributed by atoms with E-state index in [1.165, 1.54) is 24.8 Å². The molecule has 1 nitrogen and oxygen atoms in total. The predicted molar refractivity (Wildman–Crippen MR) is 72.1 cm³/mol. The molecule has 0 amide bonds. The van der Waals surface area contributed by atoms with Gasteiger partial charge in [0, 0.05) is 12.3 Å². The third-order valence-corrected chi connectivity index (χ3v) is 5.69. The first-order valence-corrected chi connectivity index (χ1v) is 8.70. The van der Waals surface area contributed by atoms with Crippen molar-refractivity contribution in [2.75, 3.05) is 6.61 Å². The molecule has 0 aliphatic carbocycles. The molecular formula is C14H20OSi. The maximum absolute atomic E-state index is 5.84. The van der Waals surface area contributed by atoms with E-state index in [4.69, 9.17) is 4.74 Å². The highest BCUT2D eigenvalue weighted by Gasteiger charge is 2.19. The van der Waals surface area contributed by atoms with Gasteiger partial charge in [-0.1, -0.05) is 48.7 Å². The van der Waals surface area contributed by atoms with Crippen LogP contribution in [0.3, 0.4) is 0 Å². The smallest absolute Gasteiger partial charge is 0.0918 e. The van der Waals surface area contributed by atoms with Gasteiger partial charge >= 0.3 is 0 Å². The van der Waals surface area contributed by atoms with E-state index in [-0.39, 0.29) is 0 Å². The van der Waals surface area contributed by atoms with Gasteiger partial charge in [-0.3, -0.25) is 0 Å². The summed E-state index contributed by atoms with van der Waals surface area (Å²) in [6.45, 7) is 3.36. The second-order valence-corrected chi connectivity index (χ2v) is 7.38. The third kappa shape index (κ3) is 3.32. The van der Waals surface area contributed by atoms with Crippen molar-refractivity contribution in [2.24, 2.45) is 0 Å². The molecule has 1 heterocycles. The van der Waals surface area contributed by atoms with Crippen molar-refractivity contribution in [3.63, 3.8) is 0 Å². The van der Waals surface area contributed by atoms with Crippen LogP contribution in [0.4, 0.5) is 0 Å². The van der Waals surface area contributed by atoms with Crippen LogP contribution >= 0.6 is 0 Å². The largest absolute Gasteiger partial charge is 0.382 e. The first kappa shape index (κ1) is 11.6. The van der Waals surface area contributed by atoms with Gasteiger partial charge in [-0.2, -0.15) is 0 Å². The zero-order chi connectivity index (χ0) is 11.2. The lowest BCUT2D eigenvalue weighted by Gasteiger charge is -2.25. The predicted octanol–water partition coefficient (Wildman–Crippen LogP) is 3.20. The third-order valence-electron chi connectivity index (χ3n) is 3.19. The van der Waals surface area contributed by atoms with Crippen LogP contribution in [-0.2, 0) is 4.74 Å². The Morgan fingerprint density at radius 3 is 2.75 bits per heavy atom. The van der Waals surface area contributed by atoms with E-state index in [9.17, 15) is 0 Å². The monoisotopic (exact) mass is 232 g/mol. The Hall–Kier alpha value is -0.863. The normalized spacial score (nSPS) is 23.4. The molecule has 2 unspecified atom stereocenters. The zero-order valence-electron chi connectivity index (χ0n) is 9.93. The minimum Gasteiger partial charge on any atom is -0.382 e. The highest BCUT2D eigenvalue weighted by atomic mass is 28.3. The van der Waals surface area contributed by atoms with Gasteiger partial charge in [-0.15, -0.1) is 0 Å². The lowest BCUT2D eigenvalue weighted by Crippen LogP contribution is -2.32. The molecule has 1 aromatic carbocycles. The highest BCUT2D eigenvalue weighted by Crippen LogP contribution is 2.16. The summed E-state index contributed by atoms with van der Waals surface area (Å²) in [7, 11) is -0.856. The molecule has 1 aromatic rings. The molecule has 2 atom stereocenters. The fourth-order valence-electron chi connectivity index (χ4n) is 2.13. The van der Waals surface area contributed by atoms with Crippen molar-refractivity contribution in [1.82, 2.24) is 0 Å². The Labute approximate surface area is 99.7 Å². The standard InChI is InChI=1S/C14H20OSi/c1-16(14-9-5-6-11-15-14)12-10-13-7-3-2-4-8-13/h2-4,7-8,10,12,14,16H,5-6,9,11H2,1H3. The van der Waals surface area contributed by atoms with Crippen molar-refractivity contribution in [3.8, 4) is 0 Å². The van der Waals surface area contributed by atoms with Crippen molar-refractivity contribution < 1.29 is 4.74 Å². The van der Waals surface area contributed by atoms with E-state index < -0.39 is 8.80 Å². The average molecular weight is 232 g/mol. The van der Waals surface area contributed by atoms with Crippen LogP contribution in [0.1, 0.15) is 24.8 Å². The molecule has 0 aromatic heterocycles. The summed E-state index contributed by atoms with van der Waals surface area (Å²) in [5.41, 5.74) is 4.28. The molecule has 0 spiro atoms. The summed E-state index contributed by atoms with van der Waals surface area (Å²) >= 11 is 0. The molecule has 1 saturated heterocycles. The maximum atomic E-state index is 5.84. The summed E-state index contributed by atoms with van der Waals surface area (Å²) in [5.74, 6) is 0. The molecule has 86 valence electrons. The molecule has 0 radical (unpaired) electrons. The molecule has 2 rings (SSSR count). The molecule has 0 saturated carbocycles. The maximum Gasteiger partial charge on any atom is 0.0918 e. The second-order valence-electron chi connectivity index (χ2n) is 4.53. The number of benzene rings is 1. The van der Waals surface area contributed by atoms with Gasteiger partial charge in [-0.05, 0) is 24.8 Å². The van der Waals surface area contributed by atoms with Crippen LogP contribution in [-0.4, -0.2) is 21.1 Å². The molecule has 2 heteroatoms. The Morgan fingerprint density at radius 2 is 2.06 bits per heavy atom. The van der Waals surface area contributed by atoms with E-state index in [0.717, 1.165) is 6.61 Å². The van der Waals surface area contributed by atoms with Crippen LogP contribution in [0.2, 0.25) is 6.55 Å². The summed E-state index contributed by atoms with van der Waals surface area (Å²) in [5, 5.41) is 0. The number of rotatable bonds is 3. The van der Waals surface area contributed by atoms with Crippen LogP contribution < -0.4 is 0 Å². The van der Waals surface area contributed by atoms with Gasteiger partial charge in [0.15, 0.2) is 0 Å². The topological polar surface area (TPSA) is 9.23 Å². The van der Waals surface area contributed by atoms with Gasteiger partial charge in [0.05, 0.1) is 8.80 Å². The van der Waals surface area contributed by atoms with Crippen LogP contribution in [0.5, 0.6) is 0 Å². The number of ether oxygens (including phenoxy) is 1. The first-order chi connectivity index (χ1) is 7.86. The van der Waals surface area contributed by atoms with Crippen LogP contribution in [0.25, 0.3) is 6.08 Å². The van der Waals surface area contributed by atoms with Gasteiger partial charge in [-0.25, -0.2) is 0 Å². The zero-order valence-corrected chi connectivity index (χ0v) is 11.1. The molecule has 0 N–H and O–H groups in total. The van der Waals surface area contributed by atoms with Crippen molar-refractivity contribution in [2.45, 2.75) is 31.5 Å². The van der Waals surface area contributed by atoms with E-state index in [0.29, 0.717) is 5.73 Å². The lowest BCUT2D eigenvalue weighted by molar-refractivity contribution is 0.0637. The second kappa shape index (κ2) is 6.02. The fraction of sp³-hybridized carbons (Fsp3) is 0.429. The Morgan fingerprint density at radius 1 is 1.25 bits per heavy atom. The molecule has 1 aliphatic heterocycles. The first-order valence-electron chi connectivity index (χ1n) is 6.21. The van der Waals surface area contributed by atoms with Crippen LogP contribution in [0.15, 0.2) is 36.0 Å². The van der Waals surface area contributed by atoms with E-state index in [1.54, 1.807) is 0 Å². The SMILES string of the molecule is C[SiH](C=Cc1ccccc1)C1CCCCO1. The summed E-state index contributed by atoms with van der Waals surface area (Å²) in [6.07, 6.45) is 6.13. The Bertz CT molecular complexity index is 328. The molecular weight excluding hydrogens is 212 g/mol. The van der Waals surface area contributed by atoms with E-state index in [1.807, 2.05) is 0 Å². The minimum absolute atomic E-state index is 0.564. The van der Waals surface area contributed by atoms with E-state index in [2.05, 4.69) is 48.7 Å². The van der Waals surface area contributed by atoms with Crippen molar-refractivity contribution in [3.05, 3.63) is 41.6 Å². The van der Waals surface area contributed by atoms with Gasteiger partial charge < -0.3 is 4.74 Å². The summed E-state index contributed by atoms with van der Waals surface area (Å²) in [6, 6.07) is 10.5. The van der Waals surface area contributed by atoms with Crippen LogP contribution in [0, 0.1) is 0 Å². The molecule has 16 heavy (non-hydrogen) atoms.